The van der Waals surface area contributed by atoms with E-state index in [0.717, 1.165) is 60.8 Å². The van der Waals surface area contributed by atoms with Gasteiger partial charge in [0.15, 0.2) is 0 Å². The molecule has 2 aromatic rings. The SMILES string of the molecule is CN(C)C(=O)c1ccc(CCCC2CC3(CCN(C(=O)[C@@](O)(c4cccc(OC(F)(F)F)c4)C(F)(F)F)CC3)C2)cc1Cl. The predicted octanol–water partition coefficient (Wildman–Crippen LogP) is 6.73. The number of alkyl halides is 6. The van der Waals surface area contributed by atoms with Gasteiger partial charge in [0, 0.05) is 32.7 Å². The van der Waals surface area contributed by atoms with Crippen molar-refractivity contribution in [3.05, 3.63) is 64.2 Å². The Labute approximate surface area is 250 Å². The molecule has 1 atom stereocenters. The minimum absolute atomic E-state index is 0.000792. The molecule has 1 N–H and O–H groups in total. The summed E-state index contributed by atoms with van der Waals surface area (Å²) in [5.41, 5.74) is -3.69. The third-order valence-electron chi connectivity index (χ3n) is 8.51. The third-order valence-corrected chi connectivity index (χ3v) is 8.82. The van der Waals surface area contributed by atoms with E-state index in [2.05, 4.69) is 4.74 Å². The van der Waals surface area contributed by atoms with Crippen LogP contribution in [0, 0.1) is 11.3 Å². The largest absolute Gasteiger partial charge is 0.573 e. The maximum Gasteiger partial charge on any atom is 0.573 e. The summed E-state index contributed by atoms with van der Waals surface area (Å²) in [6, 6.07) is 8.19. The number of halogens is 7. The zero-order chi connectivity index (χ0) is 31.8. The average molecular weight is 635 g/mol. The second-order valence-corrected chi connectivity index (χ2v) is 12.2. The Hall–Kier alpha value is -2.99. The molecule has 1 aliphatic carbocycles. The van der Waals surface area contributed by atoms with E-state index in [9.17, 15) is 41.0 Å². The molecular formula is C30H33ClF6N2O4. The van der Waals surface area contributed by atoms with Crippen LogP contribution in [0.15, 0.2) is 42.5 Å². The highest BCUT2D eigenvalue weighted by atomic mass is 35.5. The molecule has 1 spiro atoms. The molecule has 236 valence electrons. The number of benzene rings is 2. The van der Waals surface area contributed by atoms with Crippen LogP contribution in [0.25, 0.3) is 0 Å². The number of hydrogen-bond donors (Lipinski definition) is 1. The van der Waals surface area contributed by atoms with Gasteiger partial charge in [0.2, 0.25) is 0 Å². The van der Waals surface area contributed by atoms with Crippen molar-refractivity contribution in [3.63, 3.8) is 0 Å². The number of hydrogen-bond acceptors (Lipinski definition) is 4. The van der Waals surface area contributed by atoms with Gasteiger partial charge in [0.1, 0.15) is 5.75 Å². The molecule has 1 saturated heterocycles. The van der Waals surface area contributed by atoms with Crippen LogP contribution >= 0.6 is 11.6 Å². The van der Waals surface area contributed by atoms with E-state index in [4.69, 9.17) is 11.6 Å². The number of ether oxygens (including phenoxy) is 1. The first-order valence-electron chi connectivity index (χ1n) is 13.9. The van der Waals surface area contributed by atoms with Crippen molar-refractivity contribution in [1.29, 1.82) is 0 Å². The fourth-order valence-electron chi connectivity index (χ4n) is 6.24. The molecule has 0 aromatic heterocycles. The second-order valence-electron chi connectivity index (χ2n) is 11.8. The van der Waals surface area contributed by atoms with Crippen LogP contribution < -0.4 is 4.74 Å². The molecule has 13 heteroatoms. The molecule has 2 aliphatic rings. The summed E-state index contributed by atoms with van der Waals surface area (Å²) in [5, 5.41) is 11.1. The lowest BCUT2D eigenvalue weighted by Crippen LogP contribution is -2.58. The molecule has 0 unspecified atom stereocenters. The van der Waals surface area contributed by atoms with Crippen LogP contribution in [0.4, 0.5) is 26.3 Å². The maximum atomic E-state index is 14.1. The van der Waals surface area contributed by atoms with Gasteiger partial charge in [-0.1, -0.05) is 36.2 Å². The number of likely N-dealkylation sites (tertiary alicyclic amines) is 1. The molecule has 1 saturated carbocycles. The summed E-state index contributed by atoms with van der Waals surface area (Å²) in [5.74, 6) is -2.32. The summed E-state index contributed by atoms with van der Waals surface area (Å²) >= 11 is 6.30. The molecule has 0 radical (unpaired) electrons. The van der Waals surface area contributed by atoms with Crippen molar-refractivity contribution in [2.75, 3.05) is 27.2 Å². The van der Waals surface area contributed by atoms with Crippen LogP contribution in [-0.4, -0.2) is 66.4 Å². The van der Waals surface area contributed by atoms with Gasteiger partial charge in [-0.3, -0.25) is 9.59 Å². The maximum absolute atomic E-state index is 14.1. The van der Waals surface area contributed by atoms with Crippen LogP contribution in [0.5, 0.6) is 5.75 Å². The lowest BCUT2D eigenvalue weighted by molar-refractivity contribution is -0.274. The highest BCUT2D eigenvalue weighted by molar-refractivity contribution is 6.33. The fourth-order valence-corrected chi connectivity index (χ4v) is 6.52. The van der Waals surface area contributed by atoms with Crippen LogP contribution in [0.3, 0.4) is 0 Å². The first kappa shape index (κ1) is 32.9. The Morgan fingerprint density at radius 1 is 1.05 bits per heavy atom. The van der Waals surface area contributed by atoms with Gasteiger partial charge in [-0.05, 0) is 79.7 Å². The number of rotatable bonds is 8. The van der Waals surface area contributed by atoms with Gasteiger partial charge in [-0.25, -0.2) is 0 Å². The zero-order valence-electron chi connectivity index (χ0n) is 23.7. The number of aryl methyl sites for hydroxylation is 1. The number of carbonyl (C=O) groups excluding carboxylic acids is 2. The fraction of sp³-hybridized carbons (Fsp3) is 0.533. The smallest absolute Gasteiger partial charge is 0.406 e. The highest BCUT2D eigenvalue weighted by Gasteiger charge is 2.62. The normalized spacial score (nSPS) is 18.6. The average Bonchev–Trinajstić information content (AvgIpc) is 2.90. The molecule has 1 heterocycles. The lowest BCUT2D eigenvalue weighted by atomic mass is 9.56. The van der Waals surface area contributed by atoms with Gasteiger partial charge in [0.05, 0.1) is 10.6 Å². The summed E-state index contributed by atoms with van der Waals surface area (Å²) in [7, 11) is 3.31. The van der Waals surface area contributed by atoms with Crippen LogP contribution in [0.1, 0.15) is 60.0 Å². The quantitative estimate of drug-likeness (QED) is 0.327. The second kappa shape index (κ2) is 12.2. The summed E-state index contributed by atoms with van der Waals surface area (Å²) in [4.78, 5) is 27.7. The molecule has 43 heavy (non-hydrogen) atoms. The Balaban J connectivity index is 1.31. The van der Waals surface area contributed by atoms with E-state index in [1.54, 1.807) is 26.2 Å². The van der Waals surface area contributed by atoms with E-state index in [1.807, 2.05) is 6.07 Å². The number of carbonyl (C=O) groups is 2. The highest BCUT2D eigenvalue weighted by Crippen LogP contribution is 2.54. The lowest BCUT2D eigenvalue weighted by Gasteiger charge is -2.53. The number of piperidine rings is 1. The Kier molecular flexibility index (Phi) is 9.33. The van der Waals surface area contributed by atoms with Gasteiger partial charge in [-0.2, -0.15) is 13.2 Å². The molecule has 2 aromatic carbocycles. The molecule has 2 fully saturated rings. The minimum Gasteiger partial charge on any atom is -0.406 e. The van der Waals surface area contributed by atoms with Crippen LogP contribution in [-0.2, 0) is 16.8 Å². The monoisotopic (exact) mass is 634 g/mol. The van der Waals surface area contributed by atoms with Crippen molar-refractivity contribution in [2.45, 2.75) is 63.1 Å². The number of aliphatic hydroxyl groups is 1. The standard InChI is InChI=1S/C30H33ClF6N2O4/c1-38(2)25(40)23-10-9-19(15-24(23)31)5-3-6-20-17-27(18-20)11-13-39(14-12-27)26(41)28(42,29(32,33)34)21-7-4-8-22(16-21)43-30(35,36)37/h4,7-10,15-16,20,42H,3,5-6,11-14,17-18H2,1-2H3/t28-/m0/s1. The van der Waals surface area contributed by atoms with E-state index >= 15 is 0 Å². The summed E-state index contributed by atoms with van der Waals surface area (Å²) in [6.45, 7) is -0.00158. The molecule has 1 aliphatic heterocycles. The van der Waals surface area contributed by atoms with E-state index in [1.165, 1.54) is 4.90 Å². The topological polar surface area (TPSA) is 70.1 Å². The van der Waals surface area contributed by atoms with Gasteiger partial charge >= 0.3 is 12.5 Å². The Bertz CT molecular complexity index is 1330. The van der Waals surface area contributed by atoms with E-state index in [-0.39, 0.29) is 24.4 Å². The van der Waals surface area contributed by atoms with Crippen molar-refractivity contribution in [3.8, 4) is 5.75 Å². The predicted molar refractivity (Wildman–Crippen MR) is 146 cm³/mol. The van der Waals surface area contributed by atoms with Crippen molar-refractivity contribution in [1.82, 2.24) is 9.80 Å². The van der Waals surface area contributed by atoms with Gasteiger partial charge < -0.3 is 19.6 Å². The Morgan fingerprint density at radius 2 is 1.70 bits per heavy atom. The number of nitrogens with zero attached hydrogens (tertiary/aromatic N) is 2. The first-order valence-corrected chi connectivity index (χ1v) is 14.3. The number of amides is 2. The molecule has 0 bridgehead atoms. The molecule has 2 amide bonds. The van der Waals surface area contributed by atoms with Crippen molar-refractivity contribution >= 4 is 23.4 Å². The van der Waals surface area contributed by atoms with Crippen molar-refractivity contribution < 1.29 is 45.8 Å². The summed E-state index contributed by atoms with van der Waals surface area (Å²) < 4.78 is 83.9. The zero-order valence-corrected chi connectivity index (χ0v) is 24.5. The summed E-state index contributed by atoms with van der Waals surface area (Å²) in [6.07, 6.45) is -5.30. The first-order chi connectivity index (χ1) is 19.9. The van der Waals surface area contributed by atoms with Crippen LogP contribution in [0.2, 0.25) is 5.02 Å². The van der Waals surface area contributed by atoms with E-state index in [0.29, 0.717) is 35.4 Å². The van der Waals surface area contributed by atoms with Gasteiger partial charge in [-0.15, -0.1) is 13.2 Å². The third kappa shape index (κ3) is 7.22. The minimum atomic E-state index is -5.48. The Morgan fingerprint density at radius 3 is 2.26 bits per heavy atom. The molecular weight excluding hydrogens is 602 g/mol. The molecule has 4 rings (SSSR count). The van der Waals surface area contributed by atoms with Crippen molar-refractivity contribution in [2.24, 2.45) is 11.3 Å². The molecule has 6 nitrogen and oxygen atoms in total. The van der Waals surface area contributed by atoms with E-state index < -0.39 is 35.4 Å². The van der Waals surface area contributed by atoms with Gasteiger partial charge in [0.25, 0.3) is 17.4 Å².